The van der Waals surface area contributed by atoms with E-state index in [9.17, 15) is 9.59 Å². The minimum atomic E-state index is -0.308. The number of fused-ring (bicyclic) bond motifs is 1. The van der Waals surface area contributed by atoms with Crippen LogP contribution in [-0.2, 0) is 0 Å². The van der Waals surface area contributed by atoms with Gasteiger partial charge in [-0.25, -0.2) is 9.89 Å². The molecule has 1 aromatic carbocycles. The van der Waals surface area contributed by atoms with Gasteiger partial charge in [0.05, 0.1) is 11.6 Å². The maximum Gasteiger partial charge on any atom is 0.318 e. The first-order chi connectivity index (χ1) is 7.70. The summed E-state index contributed by atoms with van der Waals surface area (Å²) in [4.78, 5) is 22.4. The van der Waals surface area contributed by atoms with Crippen LogP contribution in [0.1, 0.15) is 0 Å². The highest BCUT2D eigenvalue weighted by atomic mass is 16.2. The van der Waals surface area contributed by atoms with Gasteiger partial charge in [0, 0.05) is 18.1 Å². The van der Waals surface area contributed by atoms with Gasteiger partial charge >= 0.3 is 6.03 Å². The van der Waals surface area contributed by atoms with E-state index in [1.807, 2.05) is 0 Å². The zero-order chi connectivity index (χ0) is 11.5. The third-order valence-electron chi connectivity index (χ3n) is 2.15. The molecule has 16 heavy (non-hydrogen) atoms. The van der Waals surface area contributed by atoms with E-state index in [-0.39, 0.29) is 11.6 Å². The first-order valence-corrected chi connectivity index (χ1v) is 4.67. The predicted molar refractivity (Wildman–Crippen MR) is 60.4 cm³/mol. The van der Waals surface area contributed by atoms with Crippen molar-refractivity contribution in [1.29, 1.82) is 0 Å². The number of aromatic nitrogens is 2. The van der Waals surface area contributed by atoms with Crippen molar-refractivity contribution >= 4 is 22.5 Å². The summed E-state index contributed by atoms with van der Waals surface area (Å²) in [6.07, 6.45) is 1.53. The third kappa shape index (κ3) is 1.85. The molecule has 1 aromatic heterocycles. The molecule has 0 saturated heterocycles. The molecule has 0 saturated carbocycles. The highest BCUT2D eigenvalue weighted by Gasteiger charge is 2.02. The van der Waals surface area contributed by atoms with Crippen LogP contribution in [0.5, 0.6) is 0 Å². The van der Waals surface area contributed by atoms with E-state index < -0.39 is 0 Å². The second kappa shape index (κ2) is 4.01. The Morgan fingerprint density at radius 2 is 2.25 bits per heavy atom. The van der Waals surface area contributed by atoms with Crippen molar-refractivity contribution in [2.45, 2.75) is 0 Å². The first-order valence-electron chi connectivity index (χ1n) is 4.67. The maximum atomic E-state index is 11.4. The van der Waals surface area contributed by atoms with Crippen molar-refractivity contribution in [3.05, 3.63) is 34.7 Å². The van der Waals surface area contributed by atoms with Gasteiger partial charge in [-0.2, -0.15) is 5.10 Å². The van der Waals surface area contributed by atoms with E-state index in [0.29, 0.717) is 16.5 Å². The summed E-state index contributed by atoms with van der Waals surface area (Å²) in [7, 11) is 1.53. The molecule has 0 aliphatic rings. The molecular weight excluding hydrogens is 208 g/mol. The van der Waals surface area contributed by atoms with E-state index in [1.165, 1.54) is 13.2 Å². The maximum absolute atomic E-state index is 11.4. The molecule has 2 rings (SSSR count). The first kappa shape index (κ1) is 10.2. The fourth-order valence-electron chi connectivity index (χ4n) is 1.37. The predicted octanol–water partition coefficient (Wildman–Crippen LogP) is 0.674. The molecule has 0 fully saturated rings. The molecule has 82 valence electrons. The van der Waals surface area contributed by atoms with Crippen LogP contribution in [0.2, 0.25) is 0 Å². The molecule has 6 nitrogen and oxygen atoms in total. The summed E-state index contributed by atoms with van der Waals surface area (Å²) in [5, 5.41) is 12.3. The molecular formula is C10H10N4O2. The van der Waals surface area contributed by atoms with Crippen molar-refractivity contribution < 1.29 is 4.79 Å². The fraction of sp³-hybridized carbons (Fsp3) is 0.100. The van der Waals surface area contributed by atoms with Crippen LogP contribution in [0, 0.1) is 0 Å². The quantitative estimate of drug-likeness (QED) is 0.657. The number of amides is 2. The molecule has 0 aliphatic heterocycles. The molecule has 0 aliphatic carbocycles. The fourth-order valence-corrected chi connectivity index (χ4v) is 1.37. The lowest BCUT2D eigenvalue weighted by Gasteiger charge is -2.04. The average molecular weight is 218 g/mol. The van der Waals surface area contributed by atoms with Crippen molar-refractivity contribution in [2.75, 3.05) is 12.4 Å². The SMILES string of the molecule is CNC(=O)Nc1ccc2c(=O)[nH]ncc2c1. The lowest BCUT2D eigenvalue weighted by molar-refractivity contribution is 0.254. The van der Waals surface area contributed by atoms with Crippen LogP contribution in [0.4, 0.5) is 10.5 Å². The van der Waals surface area contributed by atoms with E-state index in [4.69, 9.17) is 0 Å². The Kier molecular flexibility index (Phi) is 2.55. The lowest BCUT2D eigenvalue weighted by atomic mass is 10.2. The molecule has 6 heteroatoms. The van der Waals surface area contributed by atoms with Gasteiger partial charge in [-0.1, -0.05) is 0 Å². The number of anilines is 1. The van der Waals surface area contributed by atoms with Gasteiger partial charge in [-0.05, 0) is 18.2 Å². The Balaban J connectivity index is 2.45. The second-order valence-corrected chi connectivity index (χ2v) is 3.21. The number of carbonyl (C=O) groups excluding carboxylic acids is 1. The minimum absolute atomic E-state index is 0.246. The van der Waals surface area contributed by atoms with Crippen LogP contribution in [0.15, 0.2) is 29.2 Å². The van der Waals surface area contributed by atoms with Crippen LogP contribution in [0.3, 0.4) is 0 Å². The smallest absolute Gasteiger partial charge is 0.318 e. The number of aromatic amines is 1. The average Bonchev–Trinajstić information content (AvgIpc) is 2.29. The topological polar surface area (TPSA) is 86.9 Å². The van der Waals surface area contributed by atoms with Gasteiger partial charge in [-0.15, -0.1) is 0 Å². The third-order valence-corrected chi connectivity index (χ3v) is 2.15. The summed E-state index contributed by atoms with van der Waals surface area (Å²) in [6.45, 7) is 0. The Bertz CT molecular complexity index is 591. The Hall–Kier alpha value is -2.37. The number of rotatable bonds is 1. The lowest BCUT2D eigenvalue weighted by Crippen LogP contribution is -2.24. The van der Waals surface area contributed by atoms with Crippen molar-refractivity contribution in [3.63, 3.8) is 0 Å². The Morgan fingerprint density at radius 3 is 3.00 bits per heavy atom. The van der Waals surface area contributed by atoms with Crippen LogP contribution < -0.4 is 16.2 Å². The van der Waals surface area contributed by atoms with E-state index in [1.54, 1.807) is 18.2 Å². The van der Waals surface area contributed by atoms with Gasteiger partial charge in [0.15, 0.2) is 0 Å². The molecule has 3 N–H and O–H groups in total. The van der Waals surface area contributed by atoms with Gasteiger partial charge in [-0.3, -0.25) is 4.79 Å². The van der Waals surface area contributed by atoms with Crippen molar-refractivity contribution in [2.24, 2.45) is 0 Å². The molecule has 0 spiro atoms. The molecule has 2 amide bonds. The minimum Gasteiger partial charge on any atom is -0.341 e. The summed E-state index contributed by atoms with van der Waals surface area (Å²) >= 11 is 0. The number of urea groups is 1. The molecule has 0 bridgehead atoms. The molecule has 2 aromatic rings. The van der Waals surface area contributed by atoms with Crippen LogP contribution in [0.25, 0.3) is 10.8 Å². The Labute approximate surface area is 90.7 Å². The number of benzene rings is 1. The summed E-state index contributed by atoms with van der Waals surface area (Å²) in [5.41, 5.74) is 0.364. The number of carbonyl (C=O) groups is 1. The Morgan fingerprint density at radius 1 is 1.44 bits per heavy atom. The molecule has 0 radical (unpaired) electrons. The highest BCUT2D eigenvalue weighted by Crippen LogP contribution is 2.14. The zero-order valence-electron chi connectivity index (χ0n) is 8.57. The highest BCUT2D eigenvalue weighted by molar-refractivity contribution is 5.92. The normalized spacial score (nSPS) is 10.1. The summed E-state index contributed by atoms with van der Waals surface area (Å²) < 4.78 is 0. The molecule has 0 unspecified atom stereocenters. The van der Waals surface area contributed by atoms with E-state index in [0.717, 1.165) is 0 Å². The van der Waals surface area contributed by atoms with Gasteiger partial charge < -0.3 is 10.6 Å². The summed E-state index contributed by atoms with van der Waals surface area (Å²) in [6, 6.07) is 4.68. The summed E-state index contributed by atoms with van der Waals surface area (Å²) in [5.74, 6) is 0. The molecule has 0 atom stereocenters. The van der Waals surface area contributed by atoms with Gasteiger partial charge in [0.1, 0.15) is 0 Å². The number of nitrogens with zero attached hydrogens (tertiary/aromatic N) is 1. The van der Waals surface area contributed by atoms with Crippen LogP contribution >= 0.6 is 0 Å². The largest absolute Gasteiger partial charge is 0.341 e. The zero-order valence-corrected chi connectivity index (χ0v) is 8.57. The number of hydrogen-bond acceptors (Lipinski definition) is 3. The number of hydrogen-bond donors (Lipinski definition) is 3. The van der Waals surface area contributed by atoms with E-state index >= 15 is 0 Å². The molecule has 1 heterocycles. The van der Waals surface area contributed by atoms with Gasteiger partial charge in [0.2, 0.25) is 0 Å². The number of nitrogens with one attached hydrogen (secondary N) is 3. The van der Waals surface area contributed by atoms with Crippen LogP contribution in [-0.4, -0.2) is 23.3 Å². The van der Waals surface area contributed by atoms with Crippen molar-refractivity contribution in [1.82, 2.24) is 15.5 Å². The number of H-pyrrole nitrogens is 1. The van der Waals surface area contributed by atoms with Crippen molar-refractivity contribution in [3.8, 4) is 0 Å². The standard InChI is InChI=1S/C10H10N4O2/c1-11-10(16)13-7-2-3-8-6(4-7)5-12-14-9(8)15/h2-5H,1H3,(H,14,15)(H2,11,13,16). The second-order valence-electron chi connectivity index (χ2n) is 3.21. The monoisotopic (exact) mass is 218 g/mol. The van der Waals surface area contributed by atoms with E-state index in [2.05, 4.69) is 20.8 Å². The van der Waals surface area contributed by atoms with Gasteiger partial charge in [0.25, 0.3) is 5.56 Å².